The summed E-state index contributed by atoms with van der Waals surface area (Å²) in [7, 11) is -3.76. The molecule has 6 nitrogen and oxygen atoms in total. The molecule has 7 heteroatoms. The van der Waals surface area contributed by atoms with Crippen molar-refractivity contribution in [2.75, 3.05) is 0 Å². The van der Waals surface area contributed by atoms with Gasteiger partial charge < -0.3 is 9.94 Å². The maximum atomic E-state index is 12.6. The van der Waals surface area contributed by atoms with Crippen molar-refractivity contribution in [3.8, 4) is 11.5 Å². The molecule has 1 N–H and O–H groups in total. The van der Waals surface area contributed by atoms with Crippen LogP contribution in [0.5, 0.6) is 11.5 Å². The van der Waals surface area contributed by atoms with Crippen molar-refractivity contribution >= 4 is 21.8 Å². The topological polar surface area (TPSA) is 93.0 Å². The van der Waals surface area contributed by atoms with Gasteiger partial charge in [-0.05, 0) is 30.3 Å². The number of hydrogen-bond acceptors (Lipinski definition) is 6. The van der Waals surface area contributed by atoms with E-state index in [2.05, 4.69) is 5.16 Å². The summed E-state index contributed by atoms with van der Waals surface area (Å²) >= 11 is 0. The van der Waals surface area contributed by atoms with Crippen molar-refractivity contribution in [2.45, 2.75) is 9.79 Å². The maximum absolute atomic E-state index is 12.6. The van der Waals surface area contributed by atoms with Gasteiger partial charge in [0.15, 0.2) is 0 Å². The fourth-order valence-corrected chi connectivity index (χ4v) is 3.60. The Morgan fingerprint density at radius 2 is 1.81 bits per heavy atom. The lowest BCUT2D eigenvalue weighted by Crippen LogP contribution is -2.12. The van der Waals surface area contributed by atoms with Gasteiger partial charge in [0.05, 0.1) is 0 Å². The number of benzene rings is 2. The van der Waals surface area contributed by atoms with E-state index < -0.39 is 15.6 Å². The number of rotatable bonds is 2. The lowest BCUT2D eigenvalue weighted by molar-refractivity contribution is 0.106. The van der Waals surface area contributed by atoms with Crippen LogP contribution in [-0.2, 0) is 9.84 Å². The van der Waals surface area contributed by atoms with E-state index in [1.54, 1.807) is 18.2 Å². The molecule has 0 spiro atoms. The second-order valence-corrected chi connectivity index (χ2v) is 6.21. The molecule has 0 fully saturated rings. The van der Waals surface area contributed by atoms with E-state index >= 15 is 0 Å². The highest BCUT2D eigenvalue weighted by Gasteiger charge is 2.31. The normalized spacial score (nSPS) is 15.0. The van der Waals surface area contributed by atoms with Gasteiger partial charge >= 0.3 is 0 Å². The first-order valence-electron chi connectivity index (χ1n) is 5.92. The van der Waals surface area contributed by atoms with Crippen LogP contribution in [-0.4, -0.2) is 25.6 Å². The number of oxime groups is 1. The molecule has 0 aromatic heterocycles. The molecule has 0 saturated carbocycles. The van der Waals surface area contributed by atoms with Crippen LogP contribution in [0, 0.1) is 0 Å². The summed E-state index contributed by atoms with van der Waals surface area (Å²) in [4.78, 5) is 11.6. The quantitative estimate of drug-likeness (QED) is 0.339. The highest BCUT2D eigenvalue weighted by Crippen LogP contribution is 2.42. The second-order valence-electron chi connectivity index (χ2n) is 4.32. The molecular weight excluding hydrogens is 294 g/mol. The maximum Gasteiger partial charge on any atom is 0.213 e. The van der Waals surface area contributed by atoms with E-state index in [4.69, 9.17) is 9.94 Å². The number of nitrogens with zero attached hydrogens (tertiary/aromatic N) is 1. The molecular formula is C14H9NO5S. The molecule has 0 saturated heterocycles. The predicted octanol–water partition coefficient (Wildman–Crippen LogP) is 2.27. The first kappa shape index (κ1) is 13.3. The Balaban J connectivity index is 2.19. The zero-order valence-electron chi connectivity index (χ0n) is 10.6. The molecule has 0 unspecified atom stereocenters. The van der Waals surface area contributed by atoms with Crippen LogP contribution >= 0.6 is 0 Å². The zero-order chi connectivity index (χ0) is 15.0. The number of ketones is 1. The van der Waals surface area contributed by atoms with Crippen LogP contribution in [0.1, 0.15) is 10.4 Å². The van der Waals surface area contributed by atoms with Crippen LogP contribution in [0.15, 0.2) is 57.4 Å². The highest BCUT2D eigenvalue weighted by molar-refractivity contribution is 7.91. The Bertz CT molecular complexity index is 871. The first-order valence-corrected chi connectivity index (χ1v) is 7.40. The third-order valence-corrected chi connectivity index (χ3v) is 4.87. The molecule has 3 rings (SSSR count). The number of carbonyl (C=O) groups is 1. The summed E-state index contributed by atoms with van der Waals surface area (Å²) in [5, 5.41) is 11.0. The Morgan fingerprint density at radius 3 is 2.57 bits per heavy atom. The van der Waals surface area contributed by atoms with Crippen molar-refractivity contribution < 1.29 is 23.2 Å². The number of para-hydroxylation sites is 1. The Morgan fingerprint density at radius 1 is 1.10 bits per heavy atom. The fraction of sp³-hybridized carbons (Fsp3) is 0. The molecule has 0 amide bonds. The number of Topliss-reactive ketones (excluding diaryl/α,β-unsaturated/α-hetero) is 1. The zero-order valence-corrected chi connectivity index (χ0v) is 11.4. The lowest BCUT2D eigenvalue weighted by Gasteiger charge is -2.20. The fourth-order valence-electron chi connectivity index (χ4n) is 2.08. The van der Waals surface area contributed by atoms with Crippen molar-refractivity contribution in [1.82, 2.24) is 0 Å². The number of sulfone groups is 1. The SMILES string of the molecule is O=C(/C=N/O)c1ccc2c(c1)S(=O)(=O)c1ccccc1O2. The molecule has 0 aliphatic carbocycles. The van der Waals surface area contributed by atoms with E-state index in [0.717, 1.165) is 0 Å². The average molecular weight is 303 g/mol. The summed E-state index contributed by atoms with van der Waals surface area (Å²) in [5.41, 5.74) is 0.0955. The molecule has 2 aromatic rings. The summed E-state index contributed by atoms with van der Waals surface area (Å²) in [6.07, 6.45) is 0.700. The third kappa shape index (κ3) is 2.07. The summed E-state index contributed by atoms with van der Waals surface area (Å²) in [6.45, 7) is 0. The Labute approximate surface area is 120 Å². The molecule has 0 radical (unpaired) electrons. The summed E-state index contributed by atoms with van der Waals surface area (Å²) in [5.74, 6) is -0.193. The van der Waals surface area contributed by atoms with Gasteiger partial charge in [-0.15, -0.1) is 0 Å². The van der Waals surface area contributed by atoms with E-state index in [1.807, 2.05) is 0 Å². The largest absolute Gasteiger partial charge is 0.455 e. The predicted molar refractivity (Wildman–Crippen MR) is 73.0 cm³/mol. The highest BCUT2D eigenvalue weighted by atomic mass is 32.2. The van der Waals surface area contributed by atoms with Crippen LogP contribution in [0.25, 0.3) is 0 Å². The number of hydrogen-bond donors (Lipinski definition) is 1. The van der Waals surface area contributed by atoms with Crippen LogP contribution in [0.2, 0.25) is 0 Å². The van der Waals surface area contributed by atoms with E-state index in [0.29, 0.717) is 6.21 Å². The molecule has 1 aliphatic rings. The molecule has 1 aliphatic heterocycles. The number of ether oxygens (including phenoxy) is 1. The van der Waals surface area contributed by atoms with Gasteiger partial charge in [0.1, 0.15) is 27.5 Å². The van der Waals surface area contributed by atoms with Gasteiger partial charge in [0.2, 0.25) is 15.6 Å². The average Bonchev–Trinajstić information content (AvgIpc) is 2.47. The number of carbonyl (C=O) groups excluding carboxylic acids is 1. The molecule has 106 valence electrons. The van der Waals surface area contributed by atoms with Gasteiger partial charge in [0, 0.05) is 5.56 Å². The lowest BCUT2D eigenvalue weighted by atomic mass is 10.1. The van der Waals surface area contributed by atoms with Crippen molar-refractivity contribution in [2.24, 2.45) is 5.16 Å². The van der Waals surface area contributed by atoms with Crippen LogP contribution in [0.4, 0.5) is 0 Å². The van der Waals surface area contributed by atoms with Crippen molar-refractivity contribution in [3.63, 3.8) is 0 Å². The van der Waals surface area contributed by atoms with Crippen LogP contribution in [0.3, 0.4) is 0 Å². The standard InChI is InChI=1S/C14H9NO5S/c16-10(8-15-17)9-5-6-12-14(7-9)21(18,19)13-4-2-1-3-11(13)20-12/h1-8,17H/b15-8+. The molecule has 0 atom stereocenters. The summed E-state index contributed by atoms with van der Waals surface area (Å²) < 4.78 is 30.6. The third-order valence-electron chi connectivity index (χ3n) is 3.05. The van der Waals surface area contributed by atoms with E-state index in [1.165, 1.54) is 24.3 Å². The van der Waals surface area contributed by atoms with Gasteiger partial charge in [-0.2, -0.15) is 0 Å². The molecule has 0 bridgehead atoms. The molecule has 2 aromatic carbocycles. The monoisotopic (exact) mass is 303 g/mol. The molecule has 21 heavy (non-hydrogen) atoms. The van der Waals surface area contributed by atoms with Gasteiger partial charge in [-0.25, -0.2) is 8.42 Å². The first-order chi connectivity index (χ1) is 10.0. The Hall–Kier alpha value is -2.67. The number of fused-ring (bicyclic) bond motifs is 2. The minimum atomic E-state index is -3.76. The second kappa shape index (κ2) is 4.71. The van der Waals surface area contributed by atoms with Crippen LogP contribution < -0.4 is 4.74 Å². The van der Waals surface area contributed by atoms with E-state index in [9.17, 15) is 13.2 Å². The van der Waals surface area contributed by atoms with Gasteiger partial charge in [-0.1, -0.05) is 17.3 Å². The van der Waals surface area contributed by atoms with Gasteiger partial charge in [0.25, 0.3) is 0 Å². The van der Waals surface area contributed by atoms with Gasteiger partial charge in [-0.3, -0.25) is 4.79 Å². The van der Waals surface area contributed by atoms with Crippen molar-refractivity contribution in [3.05, 3.63) is 48.0 Å². The smallest absolute Gasteiger partial charge is 0.213 e. The minimum Gasteiger partial charge on any atom is -0.455 e. The van der Waals surface area contributed by atoms with E-state index in [-0.39, 0.29) is 26.9 Å². The minimum absolute atomic E-state index is 0.0536. The summed E-state index contributed by atoms with van der Waals surface area (Å²) in [6, 6.07) is 10.3. The van der Waals surface area contributed by atoms with Crippen molar-refractivity contribution in [1.29, 1.82) is 0 Å². The molecule has 1 heterocycles. The Kier molecular flexibility index (Phi) is 2.99.